The summed E-state index contributed by atoms with van der Waals surface area (Å²) in [5.74, 6) is 0.721. The average molecular weight is 527 g/mol. The zero-order valence-electron chi connectivity index (χ0n) is 20.0. The van der Waals surface area contributed by atoms with Gasteiger partial charge in [-0.2, -0.15) is 0 Å². The second kappa shape index (κ2) is 11.4. The number of aryl methyl sites for hydroxylation is 2. The number of benzene rings is 3. The number of fused-ring (bicyclic) bond motifs is 1. The molecule has 0 bridgehead atoms. The lowest BCUT2D eigenvalue weighted by molar-refractivity contribution is -0.135. The van der Waals surface area contributed by atoms with E-state index in [9.17, 15) is 9.59 Å². The Hall–Kier alpha value is -3.06. The van der Waals surface area contributed by atoms with Gasteiger partial charge >= 0.3 is 0 Å². The quantitative estimate of drug-likeness (QED) is 0.279. The highest BCUT2D eigenvalue weighted by Gasteiger charge is 2.27. The number of carbonyl (C=O) groups is 2. The molecule has 3 aromatic rings. The summed E-state index contributed by atoms with van der Waals surface area (Å²) in [5, 5.41) is 2.07. The highest BCUT2D eigenvalue weighted by atomic mass is 79.9. The van der Waals surface area contributed by atoms with Crippen molar-refractivity contribution in [3.63, 3.8) is 0 Å². The molecule has 0 saturated carbocycles. The van der Waals surface area contributed by atoms with Gasteiger partial charge in [0.15, 0.2) is 6.61 Å². The third-order valence-electron chi connectivity index (χ3n) is 5.66. The van der Waals surface area contributed by atoms with E-state index in [1.54, 1.807) is 0 Å². The summed E-state index contributed by atoms with van der Waals surface area (Å²) >= 11 is 3.54. The standard InChI is InChI=1S/C27H31BrN2O4/c1-18-10-11-19(2)23(16-18)33-15-7-14-27(3,4)26(32)30-29-24(31)17-34-22-13-12-20-8-5-6-9-21(20)25(22)28/h5-6,8-13,16H,7,14-15,17H2,1-4H3,(H,29,31)(H,30,32). The molecule has 0 aliphatic heterocycles. The van der Waals surface area contributed by atoms with Gasteiger partial charge in [0.2, 0.25) is 5.91 Å². The molecule has 0 unspecified atom stereocenters. The molecule has 2 amide bonds. The van der Waals surface area contributed by atoms with Crippen LogP contribution in [0.2, 0.25) is 0 Å². The fourth-order valence-corrected chi connectivity index (χ4v) is 4.08. The first kappa shape index (κ1) is 25.6. The van der Waals surface area contributed by atoms with Crippen molar-refractivity contribution in [1.82, 2.24) is 10.9 Å². The highest BCUT2D eigenvalue weighted by molar-refractivity contribution is 9.10. The molecular weight excluding hydrogens is 496 g/mol. The Balaban J connectivity index is 1.41. The highest BCUT2D eigenvalue weighted by Crippen LogP contribution is 2.33. The molecule has 0 radical (unpaired) electrons. The number of rotatable bonds is 9. The summed E-state index contributed by atoms with van der Waals surface area (Å²) in [7, 11) is 0. The van der Waals surface area contributed by atoms with E-state index in [4.69, 9.17) is 9.47 Å². The molecule has 180 valence electrons. The van der Waals surface area contributed by atoms with E-state index < -0.39 is 11.3 Å². The summed E-state index contributed by atoms with van der Waals surface area (Å²) in [6.45, 7) is 8.02. The molecule has 3 rings (SSSR count). The van der Waals surface area contributed by atoms with Gasteiger partial charge in [-0.1, -0.05) is 56.3 Å². The number of hydrogen-bond acceptors (Lipinski definition) is 4. The zero-order chi connectivity index (χ0) is 24.7. The molecule has 0 aromatic heterocycles. The van der Waals surface area contributed by atoms with Gasteiger partial charge in [0.25, 0.3) is 5.91 Å². The van der Waals surface area contributed by atoms with Gasteiger partial charge in [0.1, 0.15) is 11.5 Å². The Morgan fingerprint density at radius 1 is 0.941 bits per heavy atom. The van der Waals surface area contributed by atoms with Crippen LogP contribution in [0.3, 0.4) is 0 Å². The van der Waals surface area contributed by atoms with Gasteiger partial charge in [-0.25, -0.2) is 0 Å². The van der Waals surface area contributed by atoms with Crippen LogP contribution in [-0.4, -0.2) is 25.0 Å². The molecule has 34 heavy (non-hydrogen) atoms. The maximum absolute atomic E-state index is 12.6. The largest absolute Gasteiger partial charge is 0.493 e. The summed E-state index contributed by atoms with van der Waals surface area (Å²) in [4.78, 5) is 24.8. The van der Waals surface area contributed by atoms with Crippen LogP contribution in [0.25, 0.3) is 10.8 Å². The summed E-state index contributed by atoms with van der Waals surface area (Å²) < 4.78 is 12.3. The van der Waals surface area contributed by atoms with Crippen molar-refractivity contribution in [1.29, 1.82) is 0 Å². The van der Waals surface area contributed by atoms with E-state index in [-0.39, 0.29) is 12.5 Å². The van der Waals surface area contributed by atoms with E-state index in [0.29, 0.717) is 25.2 Å². The molecule has 0 aliphatic carbocycles. The van der Waals surface area contributed by atoms with Crippen LogP contribution in [0.4, 0.5) is 0 Å². The van der Waals surface area contributed by atoms with Crippen LogP contribution in [0.15, 0.2) is 59.1 Å². The van der Waals surface area contributed by atoms with Crippen LogP contribution < -0.4 is 20.3 Å². The van der Waals surface area contributed by atoms with Crippen molar-refractivity contribution in [2.24, 2.45) is 5.41 Å². The Labute approximate surface area is 209 Å². The summed E-state index contributed by atoms with van der Waals surface area (Å²) in [6.07, 6.45) is 1.32. The van der Waals surface area contributed by atoms with Crippen LogP contribution in [0.5, 0.6) is 11.5 Å². The van der Waals surface area contributed by atoms with Gasteiger partial charge < -0.3 is 9.47 Å². The SMILES string of the molecule is Cc1ccc(C)c(OCCCC(C)(C)C(=O)NNC(=O)COc2ccc3ccccc3c2Br)c1. The molecule has 0 atom stereocenters. The minimum Gasteiger partial charge on any atom is -0.493 e. The van der Waals surface area contributed by atoms with Crippen molar-refractivity contribution in [2.75, 3.05) is 13.2 Å². The fraction of sp³-hybridized carbons (Fsp3) is 0.333. The van der Waals surface area contributed by atoms with Crippen molar-refractivity contribution in [3.05, 3.63) is 70.2 Å². The molecule has 7 heteroatoms. The Bertz CT molecular complexity index is 1180. The lowest BCUT2D eigenvalue weighted by Gasteiger charge is -2.23. The fourth-order valence-electron chi connectivity index (χ4n) is 3.47. The number of carbonyl (C=O) groups excluding carboxylic acids is 2. The summed E-state index contributed by atoms with van der Waals surface area (Å²) in [5.41, 5.74) is 6.51. The van der Waals surface area contributed by atoms with Gasteiger partial charge in [-0.15, -0.1) is 0 Å². The van der Waals surface area contributed by atoms with Gasteiger partial charge in [-0.05, 0) is 76.7 Å². The Kier molecular flexibility index (Phi) is 8.56. The van der Waals surface area contributed by atoms with Gasteiger partial charge in [0.05, 0.1) is 11.1 Å². The van der Waals surface area contributed by atoms with Crippen molar-refractivity contribution in [3.8, 4) is 11.5 Å². The van der Waals surface area contributed by atoms with Crippen molar-refractivity contribution >= 4 is 38.5 Å². The van der Waals surface area contributed by atoms with Crippen molar-refractivity contribution in [2.45, 2.75) is 40.5 Å². The summed E-state index contributed by atoms with van der Waals surface area (Å²) in [6, 6.07) is 17.7. The Morgan fingerprint density at radius 3 is 2.50 bits per heavy atom. The number of hydrazine groups is 1. The maximum atomic E-state index is 12.6. The van der Waals surface area contributed by atoms with Gasteiger partial charge in [0, 0.05) is 5.41 Å². The predicted octanol–water partition coefficient (Wildman–Crippen LogP) is 5.63. The first-order chi connectivity index (χ1) is 16.2. The maximum Gasteiger partial charge on any atom is 0.276 e. The normalized spacial score (nSPS) is 11.2. The van der Waals surface area contributed by atoms with E-state index in [2.05, 4.69) is 32.8 Å². The minimum absolute atomic E-state index is 0.221. The molecule has 0 saturated heterocycles. The molecule has 0 spiro atoms. The number of halogens is 1. The first-order valence-corrected chi connectivity index (χ1v) is 12.1. The second-order valence-electron chi connectivity index (χ2n) is 8.99. The minimum atomic E-state index is -0.666. The molecular formula is C27H31BrN2O4. The van der Waals surface area contributed by atoms with Crippen molar-refractivity contribution < 1.29 is 19.1 Å². The number of ether oxygens (including phenoxy) is 2. The number of nitrogens with one attached hydrogen (secondary N) is 2. The molecule has 0 fully saturated rings. The van der Waals surface area contributed by atoms with Crippen LogP contribution in [-0.2, 0) is 9.59 Å². The zero-order valence-corrected chi connectivity index (χ0v) is 21.6. The smallest absolute Gasteiger partial charge is 0.276 e. The molecule has 6 nitrogen and oxygen atoms in total. The van der Waals surface area contributed by atoms with E-state index in [1.165, 1.54) is 0 Å². The second-order valence-corrected chi connectivity index (χ2v) is 9.79. The van der Waals surface area contributed by atoms with E-state index in [0.717, 1.165) is 32.1 Å². The molecule has 2 N–H and O–H groups in total. The Morgan fingerprint density at radius 2 is 1.71 bits per heavy atom. The molecule has 3 aromatic carbocycles. The average Bonchev–Trinajstić information content (AvgIpc) is 2.82. The first-order valence-electron chi connectivity index (χ1n) is 11.3. The number of hydrogen-bond donors (Lipinski definition) is 2. The third kappa shape index (κ3) is 6.73. The monoisotopic (exact) mass is 526 g/mol. The molecule has 0 aliphatic rings. The van der Waals surface area contributed by atoms with Crippen LogP contribution in [0, 0.1) is 19.3 Å². The topological polar surface area (TPSA) is 76.7 Å². The van der Waals surface area contributed by atoms with Crippen LogP contribution >= 0.6 is 15.9 Å². The van der Waals surface area contributed by atoms with E-state index in [1.807, 2.05) is 76.2 Å². The predicted molar refractivity (Wildman–Crippen MR) is 138 cm³/mol. The van der Waals surface area contributed by atoms with Gasteiger partial charge in [-0.3, -0.25) is 20.4 Å². The molecule has 0 heterocycles. The van der Waals surface area contributed by atoms with Crippen LogP contribution in [0.1, 0.15) is 37.8 Å². The number of amides is 2. The lowest BCUT2D eigenvalue weighted by Crippen LogP contribution is -2.49. The lowest BCUT2D eigenvalue weighted by atomic mass is 9.87. The van der Waals surface area contributed by atoms with E-state index >= 15 is 0 Å². The third-order valence-corrected chi connectivity index (χ3v) is 6.48.